The predicted octanol–water partition coefficient (Wildman–Crippen LogP) is 0.0619. The minimum atomic E-state index is -3.29. The predicted molar refractivity (Wildman–Crippen MR) is 74.4 cm³/mol. The van der Waals surface area contributed by atoms with Crippen molar-refractivity contribution < 1.29 is 18.6 Å². The zero-order valence-electron chi connectivity index (χ0n) is 11.0. The van der Waals surface area contributed by atoms with Crippen molar-refractivity contribution in [2.45, 2.75) is 19.1 Å². The van der Waals surface area contributed by atoms with E-state index in [2.05, 4.69) is 10.0 Å². The Morgan fingerprint density at radius 2 is 1.84 bits per heavy atom. The monoisotopic (exact) mass is 288 g/mol. The summed E-state index contributed by atoms with van der Waals surface area (Å²) in [5.74, 6) is 0. The van der Waals surface area contributed by atoms with Gasteiger partial charge in [-0.2, -0.15) is 0 Å². The Morgan fingerprint density at radius 1 is 1.26 bits per heavy atom. The SMILES string of the molecule is CC(CO)NCC(O)c1ccc(NS(C)(=O)=O)cc1. The Kier molecular flexibility index (Phi) is 5.74. The molecule has 1 aromatic carbocycles. The van der Waals surface area contributed by atoms with Gasteiger partial charge in [0.1, 0.15) is 0 Å². The number of aliphatic hydroxyl groups is 2. The lowest BCUT2D eigenvalue weighted by atomic mass is 10.1. The lowest BCUT2D eigenvalue weighted by molar-refractivity contribution is 0.161. The minimum Gasteiger partial charge on any atom is -0.395 e. The number of nitrogens with one attached hydrogen (secondary N) is 2. The molecule has 1 aromatic rings. The molecule has 0 amide bonds. The highest BCUT2D eigenvalue weighted by molar-refractivity contribution is 7.92. The first-order valence-corrected chi connectivity index (χ1v) is 7.81. The van der Waals surface area contributed by atoms with Gasteiger partial charge in [-0.05, 0) is 24.6 Å². The molecule has 0 spiro atoms. The Balaban J connectivity index is 2.60. The summed E-state index contributed by atoms with van der Waals surface area (Å²) in [6.45, 7) is 2.14. The molecule has 7 heteroatoms. The molecule has 2 atom stereocenters. The summed E-state index contributed by atoms with van der Waals surface area (Å²) in [6.07, 6.45) is 0.372. The Bertz CT molecular complexity index is 487. The van der Waals surface area contributed by atoms with E-state index in [0.717, 1.165) is 6.26 Å². The van der Waals surface area contributed by atoms with Gasteiger partial charge in [-0.1, -0.05) is 12.1 Å². The summed E-state index contributed by atoms with van der Waals surface area (Å²) in [7, 11) is -3.29. The maximum Gasteiger partial charge on any atom is 0.229 e. The fourth-order valence-electron chi connectivity index (χ4n) is 1.48. The van der Waals surface area contributed by atoms with Crippen LogP contribution in [-0.4, -0.2) is 44.1 Å². The molecule has 0 fully saturated rings. The van der Waals surface area contributed by atoms with Gasteiger partial charge >= 0.3 is 0 Å². The van der Waals surface area contributed by atoms with Crippen LogP contribution in [-0.2, 0) is 10.0 Å². The lowest BCUT2D eigenvalue weighted by Gasteiger charge is -2.16. The largest absolute Gasteiger partial charge is 0.395 e. The third kappa shape index (κ3) is 6.02. The number of aliphatic hydroxyl groups excluding tert-OH is 2. The second kappa shape index (κ2) is 6.85. The van der Waals surface area contributed by atoms with E-state index in [4.69, 9.17) is 5.11 Å². The molecule has 1 rings (SSSR count). The van der Waals surface area contributed by atoms with Crippen molar-refractivity contribution in [3.63, 3.8) is 0 Å². The molecule has 0 aliphatic rings. The fraction of sp³-hybridized carbons (Fsp3) is 0.500. The number of sulfonamides is 1. The Labute approximate surface area is 113 Å². The Hall–Kier alpha value is -1.15. The van der Waals surface area contributed by atoms with Crippen molar-refractivity contribution >= 4 is 15.7 Å². The normalized spacial score (nSPS) is 14.9. The van der Waals surface area contributed by atoms with Crippen molar-refractivity contribution in [3.8, 4) is 0 Å². The third-order valence-electron chi connectivity index (χ3n) is 2.53. The van der Waals surface area contributed by atoms with E-state index in [1.54, 1.807) is 24.3 Å². The number of rotatable bonds is 7. The van der Waals surface area contributed by atoms with Gasteiger partial charge < -0.3 is 15.5 Å². The molecule has 0 aliphatic carbocycles. The Morgan fingerprint density at radius 3 is 2.32 bits per heavy atom. The number of anilines is 1. The highest BCUT2D eigenvalue weighted by Crippen LogP contribution is 2.16. The van der Waals surface area contributed by atoms with E-state index in [0.29, 0.717) is 17.8 Å². The zero-order valence-corrected chi connectivity index (χ0v) is 11.8. The maximum absolute atomic E-state index is 11.0. The summed E-state index contributed by atoms with van der Waals surface area (Å²) >= 11 is 0. The van der Waals surface area contributed by atoms with E-state index in [9.17, 15) is 13.5 Å². The topological polar surface area (TPSA) is 98.7 Å². The van der Waals surface area contributed by atoms with Crippen molar-refractivity contribution in [2.75, 3.05) is 24.1 Å². The molecular formula is C12H20N2O4S. The average molecular weight is 288 g/mol. The summed E-state index contributed by atoms with van der Waals surface area (Å²) in [6, 6.07) is 6.41. The molecule has 0 radical (unpaired) electrons. The summed E-state index contributed by atoms with van der Waals surface area (Å²) in [5, 5.41) is 21.7. The second-order valence-electron chi connectivity index (χ2n) is 4.50. The van der Waals surface area contributed by atoms with E-state index in [1.165, 1.54) is 0 Å². The van der Waals surface area contributed by atoms with E-state index in [-0.39, 0.29) is 12.6 Å². The molecule has 4 N–H and O–H groups in total. The molecule has 0 aromatic heterocycles. The summed E-state index contributed by atoms with van der Waals surface area (Å²) in [5.41, 5.74) is 1.13. The standard InChI is InChI=1S/C12H20N2O4S/c1-9(8-15)13-7-12(16)10-3-5-11(6-4-10)14-19(2,17)18/h3-6,9,12-16H,7-8H2,1-2H3. The van der Waals surface area contributed by atoms with Crippen LogP contribution < -0.4 is 10.0 Å². The van der Waals surface area contributed by atoms with E-state index >= 15 is 0 Å². The van der Waals surface area contributed by atoms with Crippen LogP contribution in [0, 0.1) is 0 Å². The van der Waals surface area contributed by atoms with Crippen molar-refractivity contribution in [1.29, 1.82) is 0 Å². The first-order valence-electron chi connectivity index (χ1n) is 5.92. The van der Waals surface area contributed by atoms with Gasteiger partial charge in [0.05, 0.1) is 19.0 Å². The third-order valence-corrected chi connectivity index (χ3v) is 3.14. The molecule has 0 saturated carbocycles. The number of hydrogen-bond donors (Lipinski definition) is 4. The van der Waals surface area contributed by atoms with Crippen LogP contribution in [0.1, 0.15) is 18.6 Å². The highest BCUT2D eigenvalue weighted by atomic mass is 32.2. The molecule has 0 aliphatic heterocycles. The van der Waals surface area contributed by atoms with Crippen molar-refractivity contribution in [1.82, 2.24) is 5.32 Å². The van der Waals surface area contributed by atoms with Gasteiger partial charge in [-0.15, -0.1) is 0 Å². The van der Waals surface area contributed by atoms with Gasteiger partial charge in [-0.3, -0.25) is 4.72 Å². The molecule has 108 valence electrons. The smallest absolute Gasteiger partial charge is 0.229 e. The molecule has 0 saturated heterocycles. The molecule has 2 unspecified atom stereocenters. The van der Waals surface area contributed by atoms with Crippen molar-refractivity contribution in [2.24, 2.45) is 0 Å². The van der Waals surface area contributed by atoms with Crippen LogP contribution in [0.3, 0.4) is 0 Å². The van der Waals surface area contributed by atoms with Crippen LogP contribution in [0.5, 0.6) is 0 Å². The molecule has 0 heterocycles. The minimum absolute atomic E-state index is 0.00391. The van der Waals surface area contributed by atoms with Crippen LogP contribution in [0.4, 0.5) is 5.69 Å². The average Bonchev–Trinajstić information content (AvgIpc) is 2.34. The van der Waals surface area contributed by atoms with Crippen LogP contribution in [0.2, 0.25) is 0 Å². The maximum atomic E-state index is 11.0. The zero-order chi connectivity index (χ0) is 14.5. The van der Waals surface area contributed by atoms with Gasteiger partial charge in [0.2, 0.25) is 10.0 Å². The molecular weight excluding hydrogens is 268 g/mol. The van der Waals surface area contributed by atoms with E-state index in [1.807, 2.05) is 6.92 Å². The second-order valence-corrected chi connectivity index (χ2v) is 6.25. The summed E-state index contributed by atoms with van der Waals surface area (Å²) in [4.78, 5) is 0. The molecule has 19 heavy (non-hydrogen) atoms. The highest BCUT2D eigenvalue weighted by Gasteiger charge is 2.09. The lowest BCUT2D eigenvalue weighted by Crippen LogP contribution is -2.32. The van der Waals surface area contributed by atoms with Gasteiger partial charge in [0, 0.05) is 18.3 Å². The molecule has 6 nitrogen and oxygen atoms in total. The van der Waals surface area contributed by atoms with Crippen LogP contribution in [0.25, 0.3) is 0 Å². The molecule has 0 bridgehead atoms. The van der Waals surface area contributed by atoms with Gasteiger partial charge in [-0.25, -0.2) is 8.42 Å². The van der Waals surface area contributed by atoms with Crippen molar-refractivity contribution in [3.05, 3.63) is 29.8 Å². The number of benzene rings is 1. The van der Waals surface area contributed by atoms with Crippen LogP contribution >= 0.6 is 0 Å². The van der Waals surface area contributed by atoms with Crippen LogP contribution in [0.15, 0.2) is 24.3 Å². The van der Waals surface area contributed by atoms with E-state index < -0.39 is 16.1 Å². The quantitative estimate of drug-likeness (QED) is 0.569. The first-order chi connectivity index (χ1) is 8.81. The fourth-order valence-corrected chi connectivity index (χ4v) is 2.05. The van der Waals surface area contributed by atoms with Gasteiger partial charge in [0.15, 0.2) is 0 Å². The first kappa shape index (κ1) is 15.9. The van der Waals surface area contributed by atoms with Gasteiger partial charge in [0.25, 0.3) is 0 Å². The summed E-state index contributed by atoms with van der Waals surface area (Å²) < 4.78 is 24.4. The number of hydrogen-bond acceptors (Lipinski definition) is 5.